The fourth-order valence-corrected chi connectivity index (χ4v) is 2.20. The van der Waals surface area contributed by atoms with Crippen LogP contribution in [0.2, 0.25) is 0 Å². The van der Waals surface area contributed by atoms with Crippen LogP contribution in [0.25, 0.3) is 0 Å². The number of urea groups is 1. The zero-order valence-electron chi connectivity index (χ0n) is 11.5. The number of carboxylic acid groups (broad SMARTS) is 1. The molecule has 1 heterocycles. The zero-order chi connectivity index (χ0) is 14.4. The molecule has 0 aromatic carbocycles. The van der Waals surface area contributed by atoms with Crippen molar-refractivity contribution in [3.63, 3.8) is 0 Å². The molecule has 1 fully saturated rings. The highest BCUT2D eigenvalue weighted by molar-refractivity contribution is 5.82. The number of aliphatic hydroxyl groups is 1. The van der Waals surface area contributed by atoms with E-state index in [-0.39, 0.29) is 19.1 Å². The smallest absolute Gasteiger partial charge is 0.326 e. The lowest BCUT2D eigenvalue weighted by atomic mass is 10.1. The van der Waals surface area contributed by atoms with Crippen LogP contribution in [-0.4, -0.2) is 77.4 Å². The van der Waals surface area contributed by atoms with E-state index in [1.54, 1.807) is 4.90 Å². The summed E-state index contributed by atoms with van der Waals surface area (Å²) >= 11 is 0. The molecule has 0 aromatic heterocycles. The average molecular weight is 273 g/mol. The van der Waals surface area contributed by atoms with Crippen LogP contribution in [-0.2, 0) is 4.79 Å². The first-order valence-corrected chi connectivity index (χ1v) is 6.58. The van der Waals surface area contributed by atoms with Gasteiger partial charge in [0.15, 0.2) is 0 Å². The number of amides is 2. The van der Waals surface area contributed by atoms with E-state index in [0.717, 1.165) is 13.0 Å². The van der Waals surface area contributed by atoms with Gasteiger partial charge in [-0.25, -0.2) is 9.59 Å². The molecular formula is C12H23N3O4. The monoisotopic (exact) mass is 273 g/mol. The predicted molar refractivity (Wildman–Crippen MR) is 69.9 cm³/mol. The largest absolute Gasteiger partial charge is 0.480 e. The van der Waals surface area contributed by atoms with Crippen molar-refractivity contribution < 1.29 is 19.8 Å². The molecule has 1 saturated heterocycles. The van der Waals surface area contributed by atoms with E-state index in [1.165, 1.54) is 0 Å². The highest BCUT2D eigenvalue weighted by Crippen LogP contribution is 2.11. The summed E-state index contributed by atoms with van der Waals surface area (Å²) in [7, 11) is 2.02. The Bertz CT molecular complexity index is 324. The number of hydrogen-bond donors (Lipinski definition) is 3. The molecule has 3 N–H and O–H groups in total. The number of carbonyl (C=O) groups excluding carboxylic acids is 1. The van der Waals surface area contributed by atoms with E-state index in [0.29, 0.717) is 19.1 Å². The third kappa shape index (κ3) is 4.36. The molecule has 0 saturated carbocycles. The molecule has 1 rings (SSSR count). The minimum absolute atomic E-state index is 0.0199. The zero-order valence-corrected chi connectivity index (χ0v) is 11.5. The highest BCUT2D eigenvalue weighted by Gasteiger charge is 2.28. The fourth-order valence-electron chi connectivity index (χ4n) is 2.20. The van der Waals surface area contributed by atoms with E-state index in [9.17, 15) is 9.59 Å². The second-order valence-electron chi connectivity index (χ2n) is 4.84. The van der Waals surface area contributed by atoms with Crippen LogP contribution >= 0.6 is 0 Å². The first kappa shape index (κ1) is 15.7. The Balaban J connectivity index is 2.55. The maximum atomic E-state index is 12.0. The summed E-state index contributed by atoms with van der Waals surface area (Å²) in [5.41, 5.74) is 0. The molecule has 0 aromatic rings. The van der Waals surface area contributed by atoms with Gasteiger partial charge in [0, 0.05) is 38.7 Å². The van der Waals surface area contributed by atoms with Crippen LogP contribution in [0.4, 0.5) is 4.79 Å². The number of carboxylic acids is 1. The van der Waals surface area contributed by atoms with Gasteiger partial charge in [-0.3, -0.25) is 4.90 Å². The molecular weight excluding hydrogens is 250 g/mol. The summed E-state index contributed by atoms with van der Waals surface area (Å²) in [6, 6.07) is -1.09. The van der Waals surface area contributed by atoms with Crippen molar-refractivity contribution in [1.29, 1.82) is 0 Å². The van der Waals surface area contributed by atoms with Gasteiger partial charge in [0.1, 0.15) is 6.04 Å². The summed E-state index contributed by atoms with van der Waals surface area (Å²) < 4.78 is 0. The van der Waals surface area contributed by atoms with Crippen molar-refractivity contribution >= 4 is 12.0 Å². The van der Waals surface area contributed by atoms with Crippen LogP contribution in [0.5, 0.6) is 0 Å². The van der Waals surface area contributed by atoms with Crippen molar-refractivity contribution in [3.8, 4) is 0 Å². The number of piperazine rings is 1. The average Bonchev–Trinajstić information content (AvgIpc) is 2.38. The van der Waals surface area contributed by atoms with E-state index in [4.69, 9.17) is 10.2 Å². The quantitative estimate of drug-likeness (QED) is 0.631. The number of nitrogens with one attached hydrogen (secondary N) is 1. The summed E-state index contributed by atoms with van der Waals surface area (Å²) in [5.74, 6) is -1.12. The van der Waals surface area contributed by atoms with Gasteiger partial charge in [0.05, 0.1) is 0 Å². The Kier molecular flexibility index (Phi) is 6.04. The van der Waals surface area contributed by atoms with Crippen molar-refractivity contribution in [2.45, 2.75) is 31.8 Å². The summed E-state index contributed by atoms with van der Waals surface area (Å²) in [5, 5.41) is 20.2. The number of nitrogens with zero attached hydrogens (tertiary/aromatic N) is 2. The van der Waals surface area contributed by atoms with E-state index >= 15 is 0 Å². The highest BCUT2D eigenvalue weighted by atomic mass is 16.4. The predicted octanol–water partition coefficient (Wildman–Crippen LogP) is -0.442. The second kappa shape index (κ2) is 7.30. The normalized spacial score (nSPS) is 22.1. The van der Waals surface area contributed by atoms with Crippen LogP contribution in [0.15, 0.2) is 0 Å². The van der Waals surface area contributed by atoms with E-state index in [2.05, 4.69) is 17.1 Å². The molecule has 19 heavy (non-hydrogen) atoms. The van der Waals surface area contributed by atoms with Gasteiger partial charge >= 0.3 is 12.0 Å². The van der Waals surface area contributed by atoms with Crippen LogP contribution in [0.3, 0.4) is 0 Å². The first-order valence-electron chi connectivity index (χ1n) is 6.58. The van der Waals surface area contributed by atoms with Crippen molar-refractivity contribution in [3.05, 3.63) is 0 Å². The molecule has 110 valence electrons. The molecule has 7 nitrogen and oxygen atoms in total. The Hall–Kier alpha value is -1.34. The van der Waals surface area contributed by atoms with Gasteiger partial charge < -0.3 is 20.4 Å². The fraction of sp³-hybridized carbons (Fsp3) is 0.833. The lowest BCUT2D eigenvalue weighted by molar-refractivity contribution is -0.139. The van der Waals surface area contributed by atoms with Gasteiger partial charge in [-0.1, -0.05) is 6.92 Å². The standard InChI is InChI=1S/C12H23N3O4/c1-3-9-8-15(6-5-14(9)2)12(19)13-10(4-7-16)11(17)18/h9-10,16H,3-8H2,1-2H3,(H,13,19)(H,17,18)/t9?,10-/m1/s1. The molecule has 0 aliphatic carbocycles. The number of hydrogen-bond acceptors (Lipinski definition) is 4. The van der Waals surface area contributed by atoms with Gasteiger partial charge in [0.25, 0.3) is 0 Å². The number of aliphatic hydroxyl groups excluding tert-OH is 1. The van der Waals surface area contributed by atoms with Gasteiger partial charge in [-0.2, -0.15) is 0 Å². The summed E-state index contributed by atoms with van der Waals surface area (Å²) in [4.78, 5) is 26.8. The number of carbonyl (C=O) groups is 2. The maximum absolute atomic E-state index is 12.0. The summed E-state index contributed by atoms with van der Waals surface area (Å²) in [6.07, 6.45) is 0.964. The first-order chi connectivity index (χ1) is 8.99. The Morgan fingerprint density at radius 2 is 2.11 bits per heavy atom. The SMILES string of the molecule is CCC1CN(C(=O)N[C@H](CCO)C(=O)O)CCN1C. The Morgan fingerprint density at radius 3 is 2.63 bits per heavy atom. The maximum Gasteiger partial charge on any atom is 0.326 e. The van der Waals surface area contributed by atoms with Gasteiger partial charge in [-0.15, -0.1) is 0 Å². The van der Waals surface area contributed by atoms with Crippen LogP contribution < -0.4 is 5.32 Å². The third-order valence-corrected chi connectivity index (χ3v) is 3.55. The van der Waals surface area contributed by atoms with E-state index in [1.807, 2.05) is 7.05 Å². The second-order valence-corrected chi connectivity index (χ2v) is 4.84. The minimum Gasteiger partial charge on any atom is -0.480 e. The molecule has 1 aliphatic heterocycles. The summed E-state index contributed by atoms with van der Waals surface area (Å²) in [6.45, 7) is 3.77. The molecule has 0 bridgehead atoms. The minimum atomic E-state index is -1.12. The number of rotatable bonds is 5. The van der Waals surface area contributed by atoms with Crippen LogP contribution in [0, 0.1) is 0 Å². The molecule has 2 amide bonds. The third-order valence-electron chi connectivity index (χ3n) is 3.55. The van der Waals surface area contributed by atoms with Gasteiger partial charge in [-0.05, 0) is 13.5 Å². The molecule has 0 spiro atoms. The van der Waals surface area contributed by atoms with Crippen molar-refractivity contribution in [1.82, 2.24) is 15.1 Å². The lowest BCUT2D eigenvalue weighted by Gasteiger charge is -2.39. The lowest BCUT2D eigenvalue weighted by Crippen LogP contribution is -2.57. The molecule has 0 radical (unpaired) electrons. The topological polar surface area (TPSA) is 93.1 Å². The van der Waals surface area contributed by atoms with Crippen molar-refractivity contribution in [2.75, 3.05) is 33.3 Å². The molecule has 7 heteroatoms. The van der Waals surface area contributed by atoms with Crippen molar-refractivity contribution in [2.24, 2.45) is 0 Å². The Morgan fingerprint density at radius 1 is 1.42 bits per heavy atom. The Labute approximate surface area is 113 Å². The van der Waals surface area contributed by atoms with Gasteiger partial charge in [0.2, 0.25) is 0 Å². The van der Waals surface area contributed by atoms with E-state index < -0.39 is 12.0 Å². The number of aliphatic carboxylic acids is 1. The molecule has 1 unspecified atom stereocenters. The molecule has 2 atom stereocenters. The number of likely N-dealkylation sites (N-methyl/N-ethyl adjacent to an activating group) is 1. The van der Waals surface area contributed by atoms with Crippen LogP contribution in [0.1, 0.15) is 19.8 Å². The molecule has 1 aliphatic rings.